The number of urea groups is 1. The molecule has 198 valence electrons. The van der Waals surface area contributed by atoms with E-state index < -0.39 is 34.2 Å². The number of nitro benzene ring substituents is 1. The van der Waals surface area contributed by atoms with Crippen LogP contribution in [0.3, 0.4) is 0 Å². The Morgan fingerprint density at radius 1 is 1.11 bits per heavy atom. The lowest BCUT2D eigenvalue weighted by atomic mass is 9.67. The summed E-state index contributed by atoms with van der Waals surface area (Å²) in [7, 11) is 0. The number of nitrogens with zero attached hydrogens (tertiary/aromatic N) is 4. The maximum absolute atomic E-state index is 14.0. The Hall–Kier alpha value is -4.19. The third-order valence-corrected chi connectivity index (χ3v) is 7.87. The van der Waals surface area contributed by atoms with E-state index in [0.717, 1.165) is 16.2 Å². The number of piperazine rings is 1. The maximum atomic E-state index is 14.0. The molecule has 1 spiro atoms. The molecule has 4 amide bonds. The largest absolute Gasteiger partial charge is 0.454 e. The molecule has 2 fully saturated rings. The van der Waals surface area contributed by atoms with Crippen LogP contribution in [0.1, 0.15) is 24.5 Å². The van der Waals surface area contributed by atoms with Gasteiger partial charge in [0.05, 0.1) is 11.0 Å². The van der Waals surface area contributed by atoms with Crippen LogP contribution in [0.4, 0.5) is 16.2 Å². The van der Waals surface area contributed by atoms with Crippen LogP contribution in [-0.4, -0.2) is 71.6 Å². The lowest BCUT2D eigenvalue weighted by Gasteiger charge is -2.55. The van der Waals surface area contributed by atoms with E-state index in [1.54, 1.807) is 6.07 Å². The molecule has 2 saturated heterocycles. The van der Waals surface area contributed by atoms with Crippen molar-refractivity contribution in [1.29, 1.82) is 0 Å². The monoisotopic (exact) mass is 521 g/mol. The predicted molar refractivity (Wildman–Crippen MR) is 134 cm³/mol. The number of fused-ring (bicyclic) bond motifs is 5. The van der Waals surface area contributed by atoms with Gasteiger partial charge in [0.2, 0.25) is 18.6 Å². The Kier molecular flexibility index (Phi) is 5.71. The Balaban J connectivity index is 1.39. The summed E-state index contributed by atoms with van der Waals surface area (Å²) in [6.07, 6.45) is 0.511. The molecule has 4 aliphatic heterocycles. The van der Waals surface area contributed by atoms with E-state index >= 15 is 0 Å². The van der Waals surface area contributed by atoms with Gasteiger partial charge in [0.25, 0.3) is 5.69 Å². The standard InChI is InChI=1S/C26H27N5O7/c1-2-7-30-24(33)26(23(32)27-25(30)34)12-17-11-18(31(35)36)4-5-19(17)29-9-8-28(14-22(26)29)13-16-3-6-20-21(10-16)38-15-37-20/h3-6,10-11,22H,2,7-9,12-15H2,1H3,(H,27,32,34). The van der Waals surface area contributed by atoms with Gasteiger partial charge in [-0.05, 0) is 35.7 Å². The summed E-state index contributed by atoms with van der Waals surface area (Å²) in [5, 5.41) is 13.9. The van der Waals surface area contributed by atoms with Crippen molar-refractivity contribution in [3.8, 4) is 11.5 Å². The van der Waals surface area contributed by atoms with Gasteiger partial charge in [-0.2, -0.15) is 0 Å². The Morgan fingerprint density at radius 2 is 1.92 bits per heavy atom. The van der Waals surface area contributed by atoms with E-state index in [4.69, 9.17) is 9.47 Å². The molecule has 0 bridgehead atoms. The molecule has 0 saturated carbocycles. The van der Waals surface area contributed by atoms with Gasteiger partial charge in [0.1, 0.15) is 0 Å². The molecule has 12 nitrogen and oxygen atoms in total. The number of imide groups is 2. The predicted octanol–water partition coefficient (Wildman–Crippen LogP) is 2.05. The fourth-order valence-corrected chi connectivity index (χ4v) is 6.10. The molecule has 2 aromatic rings. The van der Waals surface area contributed by atoms with Crippen LogP contribution in [0.2, 0.25) is 0 Å². The Morgan fingerprint density at radius 3 is 2.71 bits per heavy atom. The number of hydrogen-bond acceptors (Lipinski definition) is 9. The first-order valence-corrected chi connectivity index (χ1v) is 12.6. The number of rotatable bonds is 5. The van der Waals surface area contributed by atoms with Gasteiger partial charge < -0.3 is 14.4 Å². The zero-order valence-electron chi connectivity index (χ0n) is 20.8. The summed E-state index contributed by atoms with van der Waals surface area (Å²) in [6, 6.07) is 9.05. The molecule has 1 N–H and O–H groups in total. The second kappa shape index (κ2) is 8.98. The average Bonchev–Trinajstić information content (AvgIpc) is 3.37. The van der Waals surface area contributed by atoms with Gasteiger partial charge in [-0.25, -0.2) is 4.79 Å². The fourth-order valence-electron chi connectivity index (χ4n) is 6.10. The lowest BCUT2D eigenvalue weighted by molar-refractivity contribution is -0.384. The number of carbonyl (C=O) groups is 3. The first kappa shape index (κ1) is 24.2. The van der Waals surface area contributed by atoms with Crippen LogP contribution < -0.4 is 19.7 Å². The van der Waals surface area contributed by atoms with Crippen molar-refractivity contribution in [2.45, 2.75) is 32.4 Å². The average molecular weight is 522 g/mol. The van der Waals surface area contributed by atoms with Gasteiger partial charge in [0, 0.05) is 57.0 Å². The van der Waals surface area contributed by atoms with Gasteiger partial charge in [-0.15, -0.1) is 0 Å². The molecule has 38 heavy (non-hydrogen) atoms. The highest BCUT2D eigenvalue weighted by Crippen LogP contribution is 2.46. The highest BCUT2D eigenvalue weighted by Gasteiger charge is 2.62. The van der Waals surface area contributed by atoms with Crippen molar-refractivity contribution >= 4 is 29.2 Å². The summed E-state index contributed by atoms with van der Waals surface area (Å²) in [4.78, 5) is 56.6. The number of nitro groups is 1. The third-order valence-electron chi connectivity index (χ3n) is 7.87. The molecule has 2 aromatic carbocycles. The summed E-state index contributed by atoms with van der Waals surface area (Å²) in [5.41, 5.74) is 0.621. The molecule has 2 atom stereocenters. The Labute approximate surface area is 218 Å². The highest BCUT2D eigenvalue weighted by atomic mass is 16.7. The van der Waals surface area contributed by atoms with Crippen LogP contribution in [-0.2, 0) is 22.6 Å². The number of nitrogens with one attached hydrogen (secondary N) is 1. The van der Waals surface area contributed by atoms with E-state index in [1.807, 2.05) is 30.0 Å². The molecular formula is C26H27N5O7. The Bertz CT molecular complexity index is 1360. The minimum atomic E-state index is -1.60. The summed E-state index contributed by atoms with van der Waals surface area (Å²) in [5.74, 6) is 0.170. The van der Waals surface area contributed by atoms with Crippen LogP contribution in [0.5, 0.6) is 11.5 Å². The second-order valence-corrected chi connectivity index (χ2v) is 10.1. The molecule has 6 rings (SSSR count). The summed E-state index contributed by atoms with van der Waals surface area (Å²) >= 11 is 0. The number of benzene rings is 2. The van der Waals surface area contributed by atoms with Gasteiger partial charge in [0.15, 0.2) is 16.9 Å². The van der Waals surface area contributed by atoms with Crippen molar-refractivity contribution in [2.24, 2.45) is 5.41 Å². The van der Waals surface area contributed by atoms with Crippen molar-refractivity contribution < 1.29 is 28.8 Å². The van der Waals surface area contributed by atoms with Gasteiger partial charge in [-0.1, -0.05) is 13.0 Å². The number of carbonyl (C=O) groups excluding carboxylic acids is 3. The number of hydrogen-bond donors (Lipinski definition) is 1. The zero-order chi connectivity index (χ0) is 26.6. The van der Waals surface area contributed by atoms with Gasteiger partial charge in [-0.3, -0.25) is 34.8 Å². The van der Waals surface area contributed by atoms with Crippen LogP contribution >= 0.6 is 0 Å². The number of ether oxygens (including phenoxy) is 2. The molecule has 12 heteroatoms. The first-order chi connectivity index (χ1) is 18.3. The zero-order valence-corrected chi connectivity index (χ0v) is 20.8. The van der Waals surface area contributed by atoms with E-state index in [0.29, 0.717) is 49.7 Å². The van der Waals surface area contributed by atoms with E-state index in [-0.39, 0.29) is 25.4 Å². The quantitative estimate of drug-likeness (QED) is 0.356. The van der Waals surface area contributed by atoms with Gasteiger partial charge >= 0.3 is 6.03 Å². The topological polar surface area (TPSA) is 135 Å². The minimum absolute atomic E-state index is 0.0266. The SMILES string of the molecule is CCCN1C(=O)NC(=O)C2(Cc3cc([N+](=O)[O-])ccc3N3CCN(Cc4ccc5c(c4)OCO5)CC32)C1=O. The molecule has 4 aliphatic rings. The van der Waals surface area contributed by atoms with Crippen LogP contribution in [0.15, 0.2) is 36.4 Å². The number of amides is 4. The smallest absolute Gasteiger partial charge is 0.330 e. The fraction of sp³-hybridized carbons (Fsp3) is 0.423. The molecule has 0 aromatic heterocycles. The van der Waals surface area contributed by atoms with Crippen LogP contribution in [0, 0.1) is 15.5 Å². The van der Waals surface area contributed by atoms with Crippen molar-refractivity contribution in [3.05, 3.63) is 57.6 Å². The maximum Gasteiger partial charge on any atom is 0.330 e. The van der Waals surface area contributed by atoms with Crippen molar-refractivity contribution in [2.75, 3.05) is 37.9 Å². The summed E-state index contributed by atoms with van der Waals surface area (Å²) < 4.78 is 10.9. The lowest BCUT2D eigenvalue weighted by Crippen LogP contribution is -2.75. The summed E-state index contributed by atoms with van der Waals surface area (Å²) in [6.45, 7) is 4.31. The van der Waals surface area contributed by atoms with Crippen molar-refractivity contribution in [3.63, 3.8) is 0 Å². The number of barbiturate groups is 1. The molecule has 4 heterocycles. The normalized spacial score (nSPS) is 24.3. The number of non-ortho nitro benzene ring substituents is 1. The highest BCUT2D eigenvalue weighted by molar-refractivity contribution is 6.20. The third kappa shape index (κ3) is 3.66. The first-order valence-electron chi connectivity index (χ1n) is 12.6. The van der Waals surface area contributed by atoms with E-state index in [9.17, 15) is 24.5 Å². The van der Waals surface area contributed by atoms with E-state index in [2.05, 4.69) is 10.2 Å². The molecular weight excluding hydrogens is 494 g/mol. The van der Waals surface area contributed by atoms with Crippen molar-refractivity contribution in [1.82, 2.24) is 15.1 Å². The van der Waals surface area contributed by atoms with E-state index in [1.165, 1.54) is 12.1 Å². The molecule has 0 aliphatic carbocycles. The molecule has 0 radical (unpaired) electrons. The minimum Gasteiger partial charge on any atom is -0.454 e. The van der Waals surface area contributed by atoms with Crippen LogP contribution in [0.25, 0.3) is 0 Å². The number of anilines is 1. The molecule has 2 unspecified atom stereocenters. The second-order valence-electron chi connectivity index (χ2n) is 10.1.